The number of carbonyl (C=O) groups is 2. The van der Waals surface area contributed by atoms with Gasteiger partial charge in [-0.05, 0) is 37.4 Å². The monoisotopic (exact) mass is 400 g/mol. The summed E-state index contributed by atoms with van der Waals surface area (Å²) in [6.45, 7) is 5.27. The molecule has 1 fully saturated rings. The molecule has 1 saturated heterocycles. The number of fused-ring (bicyclic) bond motifs is 1. The highest BCUT2D eigenvalue weighted by Gasteiger charge is 2.28. The predicted molar refractivity (Wildman–Crippen MR) is 115 cm³/mol. The fourth-order valence-corrected chi connectivity index (χ4v) is 4.39. The van der Waals surface area contributed by atoms with Crippen LogP contribution in [0.5, 0.6) is 0 Å². The van der Waals surface area contributed by atoms with Crippen LogP contribution in [0.25, 0.3) is 0 Å². The van der Waals surface area contributed by atoms with E-state index in [9.17, 15) is 9.59 Å². The van der Waals surface area contributed by atoms with Crippen LogP contribution in [0.1, 0.15) is 90.5 Å². The van der Waals surface area contributed by atoms with Crippen molar-refractivity contribution < 1.29 is 14.3 Å². The first-order valence-corrected chi connectivity index (χ1v) is 11.5. The van der Waals surface area contributed by atoms with Gasteiger partial charge >= 0.3 is 0 Å². The number of nitrogens with zero attached hydrogens (tertiary/aromatic N) is 1. The maximum absolute atomic E-state index is 11.9. The Labute approximate surface area is 175 Å². The molecule has 160 valence electrons. The molecule has 0 radical (unpaired) electrons. The van der Waals surface area contributed by atoms with E-state index in [2.05, 4.69) is 10.2 Å². The molecule has 0 atom stereocenters. The number of aryl methyl sites for hydroxylation is 1. The van der Waals surface area contributed by atoms with Crippen LogP contribution in [-0.4, -0.2) is 49.6 Å². The molecule has 0 bridgehead atoms. The van der Waals surface area contributed by atoms with Gasteiger partial charge in [0.2, 0.25) is 0 Å². The number of unbranched alkanes of at least 4 members (excludes halogenated alkanes) is 9. The average molecular weight is 401 g/mol. The van der Waals surface area contributed by atoms with Crippen LogP contribution in [0.4, 0.5) is 0 Å². The van der Waals surface area contributed by atoms with Crippen molar-refractivity contribution in [2.75, 3.05) is 32.8 Å². The highest BCUT2D eigenvalue weighted by Crippen LogP contribution is 2.22. The topological polar surface area (TPSA) is 58.6 Å². The Bertz CT molecular complexity index is 668. The summed E-state index contributed by atoms with van der Waals surface area (Å²) in [5.74, 6) is -0.488. The van der Waals surface area contributed by atoms with Crippen molar-refractivity contribution in [3.05, 3.63) is 34.9 Å². The Balaban J connectivity index is 1.16. The lowest BCUT2D eigenvalue weighted by Gasteiger charge is -2.26. The fourth-order valence-electron chi connectivity index (χ4n) is 4.39. The smallest absolute Gasteiger partial charge is 0.259 e. The van der Waals surface area contributed by atoms with E-state index < -0.39 is 0 Å². The van der Waals surface area contributed by atoms with Crippen molar-refractivity contribution in [2.45, 2.75) is 70.6 Å². The molecule has 0 aromatic heterocycles. The van der Waals surface area contributed by atoms with E-state index in [1.807, 2.05) is 12.1 Å². The summed E-state index contributed by atoms with van der Waals surface area (Å²) in [5.41, 5.74) is 2.16. The summed E-state index contributed by atoms with van der Waals surface area (Å²) < 4.78 is 5.38. The molecule has 29 heavy (non-hydrogen) atoms. The standard InChI is InChI=1S/C24H36N2O3/c27-23-21-14-11-13-20(22(21)24(28)25-23)12-9-7-5-3-1-2-4-6-8-10-15-26-16-18-29-19-17-26/h11,13-14H,1-10,12,15-19H2,(H,25,27,28). The molecule has 2 aliphatic heterocycles. The Morgan fingerprint density at radius 1 is 0.793 bits per heavy atom. The second-order valence-corrected chi connectivity index (χ2v) is 8.36. The molecule has 5 heteroatoms. The normalized spacial score (nSPS) is 16.8. The highest BCUT2D eigenvalue weighted by atomic mass is 16.5. The fraction of sp³-hybridized carbons (Fsp3) is 0.667. The van der Waals surface area contributed by atoms with E-state index in [1.165, 1.54) is 64.3 Å². The molecule has 2 amide bonds. The van der Waals surface area contributed by atoms with Gasteiger partial charge in [-0.1, -0.05) is 63.5 Å². The van der Waals surface area contributed by atoms with Crippen LogP contribution in [0.2, 0.25) is 0 Å². The molecular formula is C24H36N2O3. The Hall–Kier alpha value is -1.72. The van der Waals surface area contributed by atoms with Crippen LogP contribution in [0, 0.1) is 0 Å². The number of morpholine rings is 1. The second-order valence-electron chi connectivity index (χ2n) is 8.36. The molecule has 1 N–H and O–H groups in total. The first kappa shape index (κ1) is 22.0. The van der Waals surface area contributed by atoms with Gasteiger partial charge in [0.05, 0.1) is 24.3 Å². The zero-order chi connectivity index (χ0) is 20.3. The summed E-state index contributed by atoms with van der Waals surface area (Å²) in [6.07, 6.45) is 13.8. The zero-order valence-corrected chi connectivity index (χ0v) is 17.7. The molecule has 3 rings (SSSR count). The molecule has 5 nitrogen and oxygen atoms in total. The van der Waals surface area contributed by atoms with E-state index in [0.717, 1.165) is 44.7 Å². The SMILES string of the molecule is O=C1NC(=O)c2c(CCCCCCCCCCCCN3CCOCC3)cccc21. The number of hydrogen-bond acceptors (Lipinski definition) is 4. The Morgan fingerprint density at radius 2 is 1.41 bits per heavy atom. The van der Waals surface area contributed by atoms with Gasteiger partial charge in [0.15, 0.2) is 0 Å². The number of amides is 2. The number of carbonyl (C=O) groups excluding carboxylic acids is 2. The molecule has 0 unspecified atom stereocenters. The molecule has 2 heterocycles. The van der Waals surface area contributed by atoms with Crippen molar-refractivity contribution in [1.29, 1.82) is 0 Å². The van der Waals surface area contributed by atoms with Crippen molar-refractivity contribution in [3.63, 3.8) is 0 Å². The van der Waals surface area contributed by atoms with Gasteiger partial charge in [-0.3, -0.25) is 19.8 Å². The van der Waals surface area contributed by atoms with Crippen molar-refractivity contribution in [1.82, 2.24) is 10.2 Å². The number of benzene rings is 1. The van der Waals surface area contributed by atoms with Gasteiger partial charge in [0, 0.05) is 13.1 Å². The van der Waals surface area contributed by atoms with Crippen molar-refractivity contribution in [2.24, 2.45) is 0 Å². The number of rotatable bonds is 13. The number of hydrogen-bond donors (Lipinski definition) is 1. The minimum atomic E-state index is -0.257. The summed E-state index contributed by atoms with van der Waals surface area (Å²) in [6, 6.07) is 5.60. The lowest BCUT2D eigenvalue weighted by atomic mass is 9.97. The van der Waals surface area contributed by atoms with Gasteiger partial charge < -0.3 is 4.74 Å². The predicted octanol–water partition coefficient (Wildman–Crippen LogP) is 4.35. The third-order valence-electron chi connectivity index (χ3n) is 6.12. The molecular weight excluding hydrogens is 364 g/mol. The lowest BCUT2D eigenvalue weighted by Crippen LogP contribution is -2.36. The van der Waals surface area contributed by atoms with Crippen molar-refractivity contribution in [3.8, 4) is 0 Å². The summed E-state index contributed by atoms with van der Waals surface area (Å²) in [7, 11) is 0. The van der Waals surface area contributed by atoms with Crippen LogP contribution in [0.15, 0.2) is 18.2 Å². The molecule has 0 spiro atoms. The first-order chi connectivity index (χ1) is 14.3. The van der Waals surface area contributed by atoms with Crippen LogP contribution < -0.4 is 5.32 Å². The van der Waals surface area contributed by atoms with Gasteiger partial charge in [0.1, 0.15) is 0 Å². The molecule has 2 aliphatic rings. The molecule has 1 aromatic rings. The quantitative estimate of drug-likeness (QED) is 0.395. The Kier molecular flexibility index (Phi) is 9.16. The Morgan fingerprint density at radius 3 is 2.10 bits per heavy atom. The molecule has 0 saturated carbocycles. The number of imide groups is 1. The summed E-state index contributed by atoms with van der Waals surface area (Å²) >= 11 is 0. The van der Waals surface area contributed by atoms with Crippen molar-refractivity contribution >= 4 is 11.8 Å². The largest absolute Gasteiger partial charge is 0.379 e. The minimum absolute atomic E-state index is 0.231. The van der Waals surface area contributed by atoms with E-state index >= 15 is 0 Å². The van der Waals surface area contributed by atoms with Crippen LogP contribution >= 0.6 is 0 Å². The third kappa shape index (κ3) is 6.93. The maximum Gasteiger partial charge on any atom is 0.259 e. The second kappa shape index (κ2) is 12.1. The first-order valence-electron chi connectivity index (χ1n) is 11.5. The van der Waals surface area contributed by atoms with Gasteiger partial charge in [-0.25, -0.2) is 0 Å². The third-order valence-corrected chi connectivity index (χ3v) is 6.12. The van der Waals surface area contributed by atoms with Crippen LogP contribution in [0.3, 0.4) is 0 Å². The molecule has 1 aromatic carbocycles. The van der Waals surface area contributed by atoms with E-state index in [0.29, 0.717) is 11.1 Å². The molecule has 0 aliphatic carbocycles. The zero-order valence-electron chi connectivity index (χ0n) is 17.7. The summed E-state index contributed by atoms with van der Waals surface area (Å²) in [4.78, 5) is 26.2. The lowest BCUT2D eigenvalue weighted by molar-refractivity contribution is 0.0371. The van der Waals surface area contributed by atoms with E-state index in [1.54, 1.807) is 6.07 Å². The van der Waals surface area contributed by atoms with Gasteiger partial charge in [-0.15, -0.1) is 0 Å². The maximum atomic E-state index is 11.9. The minimum Gasteiger partial charge on any atom is -0.379 e. The van der Waals surface area contributed by atoms with E-state index in [-0.39, 0.29) is 11.8 Å². The summed E-state index contributed by atoms with van der Waals surface area (Å²) in [5, 5.41) is 2.40. The van der Waals surface area contributed by atoms with Gasteiger partial charge in [-0.2, -0.15) is 0 Å². The van der Waals surface area contributed by atoms with Crippen LogP contribution in [-0.2, 0) is 11.2 Å². The van der Waals surface area contributed by atoms with Gasteiger partial charge in [0.25, 0.3) is 11.8 Å². The average Bonchev–Trinajstić information content (AvgIpc) is 3.04. The van der Waals surface area contributed by atoms with E-state index in [4.69, 9.17) is 4.74 Å². The number of nitrogens with one attached hydrogen (secondary N) is 1. The highest BCUT2D eigenvalue weighted by molar-refractivity contribution is 6.22. The number of ether oxygens (including phenoxy) is 1.